The van der Waals surface area contributed by atoms with Gasteiger partial charge >= 0.3 is 0 Å². The number of carbonyl (C=O) groups is 1. The molecule has 0 radical (unpaired) electrons. The molecule has 3 nitrogen and oxygen atoms in total. The van der Waals surface area contributed by atoms with E-state index < -0.39 is 5.82 Å². The summed E-state index contributed by atoms with van der Waals surface area (Å²) >= 11 is 5.56. The molecule has 0 bridgehead atoms. The molecule has 20 heavy (non-hydrogen) atoms. The smallest absolute Gasteiger partial charge is 0.248 e. The average Bonchev–Trinajstić information content (AvgIpc) is 2.42. The molecule has 0 aromatic heterocycles. The summed E-state index contributed by atoms with van der Waals surface area (Å²) in [6, 6.07) is 11.1. The highest BCUT2D eigenvalue weighted by molar-refractivity contribution is 6.30. The highest BCUT2D eigenvalue weighted by Gasteiger charge is 2.02. The lowest BCUT2D eigenvalue weighted by molar-refractivity contribution is -0.111. The minimum Gasteiger partial charge on any atom is -0.399 e. The Balaban J connectivity index is 2.01. The third-order valence-electron chi connectivity index (χ3n) is 2.55. The Morgan fingerprint density at radius 3 is 2.55 bits per heavy atom. The zero-order valence-corrected chi connectivity index (χ0v) is 11.2. The number of anilines is 2. The molecule has 0 aliphatic carbocycles. The molecule has 0 atom stereocenters. The number of hydrogen-bond acceptors (Lipinski definition) is 2. The molecule has 2 aromatic carbocycles. The van der Waals surface area contributed by atoms with Gasteiger partial charge in [0, 0.05) is 17.5 Å². The summed E-state index contributed by atoms with van der Waals surface area (Å²) in [5.74, 6) is -0.935. The van der Waals surface area contributed by atoms with Gasteiger partial charge in [-0.15, -0.1) is 0 Å². The van der Waals surface area contributed by atoms with Crippen molar-refractivity contribution in [1.82, 2.24) is 0 Å². The van der Waals surface area contributed by atoms with Crippen molar-refractivity contribution in [2.24, 2.45) is 0 Å². The van der Waals surface area contributed by atoms with Gasteiger partial charge in [0.05, 0.1) is 5.02 Å². The first-order chi connectivity index (χ1) is 9.54. The highest BCUT2D eigenvalue weighted by Crippen LogP contribution is 2.18. The number of hydrogen-bond donors (Lipinski definition) is 2. The van der Waals surface area contributed by atoms with E-state index in [9.17, 15) is 9.18 Å². The molecule has 0 unspecified atom stereocenters. The van der Waals surface area contributed by atoms with Crippen LogP contribution in [0.1, 0.15) is 5.56 Å². The molecule has 0 heterocycles. The fraction of sp³-hybridized carbons (Fsp3) is 0. The van der Waals surface area contributed by atoms with Crippen molar-refractivity contribution in [2.75, 3.05) is 11.1 Å². The van der Waals surface area contributed by atoms with Crippen molar-refractivity contribution in [1.29, 1.82) is 0 Å². The largest absolute Gasteiger partial charge is 0.399 e. The Kier molecular flexibility index (Phi) is 4.38. The molecule has 5 heteroatoms. The molecule has 2 aromatic rings. The second kappa shape index (κ2) is 6.21. The number of benzene rings is 2. The highest BCUT2D eigenvalue weighted by atomic mass is 35.5. The summed E-state index contributed by atoms with van der Waals surface area (Å²) in [6.07, 6.45) is 3.00. The molecule has 102 valence electrons. The van der Waals surface area contributed by atoms with Gasteiger partial charge in [-0.1, -0.05) is 23.7 Å². The summed E-state index contributed by atoms with van der Waals surface area (Å²) in [4.78, 5) is 11.7. The number of rotatable bonds is 3. The molecular weight excluding hydrogens is 279 g/mol. The standard InChI is InChI=1S/C15H12ClFN2O/c16-13-7-6-12(9-14(13)17)19-15(20)8-3-10-1-4-11(18)5-2-10/h1-9H,18H2,(H,19,20)/b8-3+. The van der Waals surface area contributed by atoms with Crippen LogP contribution >= 0.6 is 11.6 Å². The molecule has 1 amide bonds. The predicted molar refractivity (Wildman–Crippen MR) is 79.9 cm³/mol. The first-order valence-corrected chi connectivity index (χ1v) is 6.22. The van der Waals surface area contributed by atoms with E-state index in [1.54, 1.807) is 30.3 Å². The summed E-state index contributed by atoms with van der Waals surface area (Å²) in [6.45, 7) is 0. The summed E-state index contributed by atoms with van der Waals surface area (Å²) in [5, 5.41) is 2.56. The van der Waals surface area contributed by atoms with E-state index in [1.165, 1.54) is 18.2 Å². The van der Waals surface area contributed by atoms with Gasteiger partial charge in [0.15, 0.2) is 0 Å². The Labute approximate surface area is 120 Å². The van der Waals surface area contributed by atoms with Crippen molar-refractivity contribution >= 4 is 35.0 Å². The van der Waals surface area contributed by atoms with Gasteiger partial charge in [-0.05, 0) is 42.0 Å². The average molecular weight is 291 g/mol. The van der Waals surface area contributed by atoms with E-state index in [2.05, 4.69) is 5.32 Å². The Morgan fingerprint density at radius 2 is 1.90 bits per heavy atom. The van der Waals surface area contributed by atoms with E-state index >= 15 is 0 Å². The van der Waals surface area contributed by atoms with Crippen LogP contribution in [-0.2, 0) is 4.79 Å². The van der Waals surface area contributed by atoms with Crippen molar-refractivity contribution in [3.05, 3.63) is 64.9 Å². The predicted octanol–water partition coefficient (Wildman–Crippen LogP) is 3.71. The Bertz CT molecular complexity index is 653. The normalized spacial score (nSPS) is 10.7. The van der Waals surface area contributed by atoms with Gasteiger partial charge in [0.25, 0.3) is 0 Å². The lowest BCUT2D eigenvalue weighted by Gasteiger charge is -2.03. The zero-order chi connectivity index (χ0) is 14.5. The SMILES string of the molecule is Nc1ccc(/C=C/C(=O)Nc2ccc(Cl)c(F)c2)cc1. The number of nitrogens with one attached hydrogen (secondary N) is 1. The molecule has 0 aliphatic rings. The minimum atomic E-state index is -0.577. The van der Waals surface area contributed by atoms with E-state index in [4.69, 9.17) is 17.3 Å². The third-order valence-corrected chi connectivity index (χ3v) is 2.86. The van der Waals surface area contributed by atoms with Gasteiger partial charge in [-0.3, -0.25) is 4.79 Å². The van der Waals surface area contributed by atoms with Crippen LogP contribution in [0.15, 0.2) is 48.5 Å². The van der Waals surface area contributed by atoms with Crippen LogP contribution in [0.4, 0.5) is 15.8 Å². The van der Waals surface area contributed by atoms with Crippen LogP contribution < -0.4 is 11.1 Å². The molecular formula is C15H12ClFN2O. The fourth-order valence-electron chi connectivity index (χ4n) is 1.54. The van der Waals surface area contributed by atoms with Crippen LogP contribution in [-0.4, -0.2) is 5.91 Å². The quantitative estimate of drug-likeness (QED) is 0.669. The summed E-state index contributed by atoms with van der Waals surface area (Å²) < 4.78 is 13.2. The van der Waals surface area contributed by atoms with Crippen LogP contribution in [0.3, 0.4) is 0 Å². The van der Waals surface area contributed by atoms with E-state index in [1.807, 2.05) is 0 Å². The van der Waals surface area contributed by atoms with Crippen LogP contribution in [0.2, 0.25) is 5.02 Å². The van der Waals surface area contributed by atoms with Gasteiger partial charge in [0.1, 0.15) is 5.82 Å². The first kappa shape index (κ1) is 14.1. The molecule has 0 fully saturated rings. The minimum absolute atomic E-state index is 0.0143. The lowest BCUT2D eigenvalue weighted by atomic mass is 10.2. The summed E-state index contributed by atoms with van der Waals surface area (Å²) in [5.41, 5.74) is 7.41. The van der Waals surface area contributed by atoms with Crippen LogP contribution in [0.5, 0.6) is 0 Å². The number of nitrogen functional groups attached to an aromatic ring is 1. The second-order valence-electron chi connectivity index (χ2n) is 4.12. The fourth-order valence-corrected chi connectivity index (χ4v) is 1.65. The zero-order valence-electron chi connectivity index (χ0n) is 10.4. The molecule has 2 rings (SSSR count). The van der Waals surface area contributed by atoms with Crippen molar-refractivity contribution in [3.8, 4) is 0 Å². The van der Waals surface area contributed by atoms with E-state index in [-0.39, 0.29) is 10.9 Å². The van der Waals surface area contributed by atoms with Gasteiger partial charge in [-0.25, -0.2) is 4.39 Å². The molecule has 0 saturated carbocycles. The maximum absolute atomic E-state index is 13.2. The third kappa shape index (κ3) is 3.83. The van der Waals surface area contributed by atoms with Crippen molar-refractivity contribution in [3.63, 3.8) is 0 Å². The van der Waals surface area contributed by atoms with Gasteiger partial charge in [0.2, 0.25) is 5.91 Å². The number of carbonyl (C=O) groups excluding carboxylic acids is 1. The molecule has 0 aliphatic heterocycles. The Morgan fingerprint density at radius 1 is 1.20 bits per heavy atom. The molecule has 3 N–H and O–H groups in total. The van der Waals surface area contributed by atoms with Crippen LogP contribution in [0.25, 0.3) is 6.08 Å². The number of halogens is 2. The summed E-state index contributed by atoms with van der Waals surface area (Å²) in [7, 11) is 0. The van der Waals surface area contributed by atoms with E-state index in [0.717, 1.165) is 11.6 Å². The molecule has 0 spiro atoms. The number of amides is 1. The van der Waals surface area contributed by atoms with Crippen molar-refractivity contribution in [2.45, 2.75) is 0 Å². The van der Waals surface area contributed by atoms with Gasteiger partial charge < -0.3 is 11.1 Å². The van der Waals surface area contributed by atoms with Gasteiger partial charge in [-0.2, -0.15) is 0 Å². The maximum atomic E-state index is 13.2. The molecule has 0 saturated heterocycles. The lowest BCUT2D eigenvalue weighted by Crippen LogP contribution is -2.07. The topological polar surface area (TPSA) is 55.1 Å². The van der Waals surface area contributed by atoms with Crippen LogP contribution in [0, 0.1) is 5.82 Å². The van der Waals surface area contributed by atoms with E-state index in [0.29, 0.717) is 11.4 Å². The Hall–Kier alpha value is -2.33. The van der Waals surface area contributed by atoms with Crippen molar-refractivity contribution < 1.29 is 9.18 Å². The monoisotopic (exact) mass is 290 g/mol. The second-order valence-corrected chi connectivity index (χ2v) is 4.53. The maximum Gasteiger partial charge on any atom is 0.248 e. The number of nitrogens with two attached hydrogens (primary N) is 1. The first-order valence-electron chi connectivity index (χ1n) is 5.84.